The molecule has 3 heterocycles. The number of ketones is 1. The summed E-state index contributed by atoms with van der Waals surface area (Å²) in [5.74, 6) is 0.185. The Morgan fingerprint density at radius 2 is 1.91 bits per heavy atom. The van der Waals surface area contributed by atoms with Crippen LogP contribution in [0.4, 0.5) is 11.4 Å². The van der Waals surface area contributed by atoms with Crippen LogP contribution < -0.4 is 4.90 Å². The number of Topliss-reactive ketones (excluding diaryl/α,β-unsaturated/α-hetero) is 1. The lowest BCUT2D eigenvalue weighted by Crippen LogP contribution is -2.36. The van der Waals surface area contributed by atoms with Crippen LogP contribution in [0.2, 0.25) is 0 Å². The van der Waals surface area contributed by atoms with Gasteiger partial charge in [-0.15, -0.1) is 11.3 Å². The number of aromatic nitrogens is 1. The second kappa shape index (κ2) is 8.43. The molecule has 1 aliphatic carbocycles. The third kappa shape index (κ3) is 3.45. The van der Waals surface area contributed by atoms with Crippen molar-refractivity contribution in [3.63, 3.8) is 0 Å². The first-order valence-corrected chi connectivity index (χ1v) is 11.9. The molecule has 1 unspecified atom stereocenters. The minimum Gasteiger partial charge on any atom is -0.309 e. The summed E-state index contributed by atoms with van der Waals surface area (Å²) in [6.07, 6.45) is 5.49. The number of thiophene rings is 1. The van der Waals surface area contributed by atoms with Gasteiger partial charge in [0.25, 0.3) is 5.69 Å². The maximum Gasteiger partial charge on any atom is 0.271 e. The van der Waals surface area contributed by atoms with Crippen LogP contribution in [0.5, 0.6) is 0 Å². The number of nitro benzene ring substituents is 1. The normalized spacial score (nSPS) is 18.2. The summed E-state index contributed by atoms with van der Waals surface area (Å²) in [5, 5.41) is 22.1. The molecule has 0 N–H and O–H groups in total. The van der Waals surface area contributed by atoms with E-state index in [-0.39, 0.29) is 11.5 Å². The molecule has 34 heavy (non-hydrogen) atoms. The van der Waals surface area contributed by atoms with E-state index in [2.05, 4.69) is 6.07 Å². The van der Waals surface area contributed by atoms with Crippen molar-refractivity contribution in [2.45, 2.75) is 39.0 Å². The van der Waals surface area contributed by atoms with Gasteiger partial charge in [-0.25, -0.2) is 0 Å². The highest BCUT2D eigenvalue weighted by atomic mass is 32.1. The van der Waals surface area contributed by atoms with Gasteiger partial charge in [0.2, 0.25) is 0 Å². The van der Waals surface area contributed by atoms with Crippen LogP contribution in [0.25, 0.3) is 5.82 Å². The summed E-state index contributed by atoms with van der Waals surface area (Å²) in [7, 11) is 0. The molecule has 1 atom stereocenters. The van der Waals surface area contributed by atoms with Gasteiger partial charge in [-0.2, -0.15) is 5.26 Å². The van der Waals surface area contributed by atoms with Crippen LogP contribution in [-0.4, -0.2) is 15.3 Å². The zero-order valence-electron chi connectivity index (χ0n) is 18.8. The monoisotopic (exact) mass is 470 g/mol. The van der Waals surface area contributed by atoms with Gasteiger partial charge in [0.1, 0.15) is 5.82 Å². The lowest BCUT2D eigenvalue weighted by molar-refractivity contribution is -0.384. The number of non-ortho nitro benzene ring substituents is 1. The van der Waals surface area contributed by atoms with Gasteiger partial charge in [0, 0.05) is 52.0 Å². The summed E-state index contributed by atoms with van der Waals surface area (Å²) >= 11 is 1.59. The first-order valence-electron chi connectivity index (χ1n) is 11.1. The fourth-order valence-corrected chi connectivity index (χ4v) is 5.88. The van der Waals surface area contributed by atoms with E-state index in [4.69, 9.17) is 0 Å². The Labute approximate surface area is 201 Å². The van der Waals surface area contributed by atoms with Crippen molar-refractivity contribution in [2.24, 2.45) is 0 Å². The molecule has 1 aromatic carbocycles. The fraction of sp³-hybridized carbons (Fsp3) is 0.231. The second-order valence-corrected chi connectivity index (χ2v) is 9.84. The number of anilines is 1. The average molecular weight is 471 g/mol. The number of nitrogens with zero attached hydrogens (tertiary/aromatic N) is 4. The molecule has 5 rings (SSSR count). The van der Waals surface area contributed by atoms with Crippen molar-refractivity contribution in [3.8, 4) is 6.07 Å². The number of hydrogen-bond donors (Lipinski definition) is 0. The van der Waals surface area contributed by atoms with Crippen molar-refractivity contribution in [1.82, 2.24) is 4.57 Å². The van der Waals surface area contributed by atoms with Crippen LogP contribution in [0.3, 0.4) is 0 Å². The van der Waals surface area contributed by atoms with Gasteiger partial charge in [-0.3, -0.25) is 19.8 Å². The summed E-state index contributed by atoms with van der Waals surface area (Å²) < 4.78 is 1.87. The maximum absolute atomic E-state index is 13.4. The lowest BCUT2D eigenvalue weighted by Gasteiger charge is -2.41. The number of nitro groups is 1. The molecule has 2 aliphatic rings. The number of aryl methyl sites for hydroxylation is 2. The second-order valence-electron chi connectivity index (χ2n) is 8.52. The van der Waals surface area contributed by atoms with Crippen molar-refractivity contribution in [2.75, 3.05) is 4.90 Å². The summed E-state index contributed by atoms with van der Waals surface area (Å²) in [5.41, 5.74) is 3.30. The van der Waals surface area contributed by atoms with Crippen LogP contribution >= 0.6 is 11.3 Å². The molecule has 0 saturated carbocycles. The molecule has 3 aromatic rings. The number of carbonyl (C=O) groups is 1. The fourth-order valence-electron chi connectivity index (χ4n) is 4.88. The first kappa shape index (κ1) is 21.9. The largest absolute Gasteiger partial charge is 0.309 e. The van der Waals surface area contributed by atoms with Crippen molar-refractivity contribution < 1.29 is 9.72 Å². The molecule has 0 spiro atoms. The van der Waals surface area contributed by atoms with E-state index in [0.717, 1.165) is 21.0 Å². The SMILES string of the molecule is Cc1ccc(C2C(C#N)=C(n3cccc3)N(c3cc([N+](=O)[O-])ccc3C)C3=C2C(=O)CCC3)s1. The van der Waals surface area contributed by atoms with E-state index in [1.165, 1.54) is 12.1 Å². The van der Waals surface area contributed by atoms with Gasteiger partial charge in [-0.1, -0.05) is 6.07 Å². The molecule has 8 heteroatoms. The average Bonchev–Trinajstić information content (AvgIpc) is 3.50. The van der Waals surface area contributed by atoms with E-state index in [9.17, 15) is 20.2 Å². The van der Waals surface area contributed by atoms with Crippen LogP contribution in [-0.2, 0) is 4.79 Å². The Bertz CT molecular complexity index is 1420. The Morgan fingerprint density at radius 3 is 2.56 bits per heavy atom. The Morgan fingerprint density at radius 1 is 1.15 bits per heavy atom. The van der Waals surface area contributed by atoms with E-state index in [1.54, 1.807) is 17.4 Å². The van der Waals surface area contributed by atoms with Crippen molar-refractivity contribution in [3.05, 3.63) is 97.1 Å². The van der Waals surface area contributed by atoms with Crippen LogP contribution in [0, 0.1) is 35.3 Å². The Hall–Kier alpha value is -3.96. The van der Waals surface area contributed by atoms with E-state index >= 15 is 0 Å². The van der Waals surface area contributed by atoms with E-state index in [1.807, 2.05) is 60.0 Å². The van der Waals surface area contributed by atoms with E-state index in [0.29, 0.717) is 41.9 Å². The lowest BCUT2D eigenvalue weighted by atomic mass is 9.78. The summed E-state index contributed by atoms with van der Waals surface area (Å²) in [4.78, 5) is 28.5. The van der Waals surface area contributed by atoms with E-state index < -0.39 is 10.8 Å². The predicted molar refractivity (Wildman–Crippen MR) is 131 cm³/mol. The molecule has 0 radical (unpaired) electrons. The highest BCUT2D eigenvalue weighted by Gasteiger charge is 2.42. The Kier molecular flexibility index (Phi) is 5.42. The summed E-state index contributed by atoms with van der Waals surface area (Å²) in [6.45, 7) is 3.90. The molecule has 1 aliphatic heterocycles. The van der Waals surface area contributed by atoms with Crippen molar-refractivity contribution >= 4 is 34.3 Å². The highest BCUT2D eigenvalue weighted by Crippen LogP contribution is 2.50. The number of nitriles is 1. The molecule has 2 aromatic heterocycles. The number of carbonyl (C=O) groups excluding carboxylic acids is 1. The first-order chi connectivity index (χ1) is 16.4. The molecule has 7 nitrogen and oxygen atoms in total. The maximum atomic E-state index is 13.4. The number of allylic oxidation sites excluding steroid dienone is 3. The summed E-state index contributed by atoms with van der Waals surface area (Å²) in [6, 6.07) is 14.9. The molecular formula is C26H22N4O3S. The molecule has 170 valence electrons. The van der Waals surface area contributed by atoms with Gasteiger partial charge >= 0.3 is 0 Å². The third-order valence-corrected chi connectivity index (χ3v) is 7.45. The van der Waals surface area contributed by atoms with Crippen molar-refractivity contribution in [1.29, 1.82) is 5.26 Å². The minimum atomic E-state index is -0.459. The zero-order chi connectivity index (χ0) is 24.0. The highest BCUT2D eigenvalue weighted by molar-refractivity contribution is 7.12. The smallest absolute Gasteiger partial charge is 0.271 e. The van der Waals surface area contributed by atoms with Crippen LogP contribution in [0.1, 0.15) is 40.5 Å². The zero-order valence-corrected chi connectivity index (χ0v) is 19.6. The number of rotatable bonds is 4. The number of hydrogen-bond acceptors (Lipinski definition) is 6. The van der Waals surface area contributed by atoms with Gasteiger partial charge < -0.3 is 4.57 Å². The minimum absolute atomic E-state index is 0.0321. The third-order valence-electron chi connectivity index (χ3n) is 6.39. The molecule has 0 amide bonds. The molecule has 0 bridgehead atoms. The standard InChI is InChI=1S/C26H22N4O3S/c1-16-8-10-18(30(32)33)14-21(16)29-20-6-5-7-22(31)25(20)24(23-11-9-17(2)34-23)19(15-27)26(29)28-12-3-4-13-28/h3-4,8-14,24H,5-7H2,1-2H3. The predicted octanol–water partition coefficient (Wildman–Crippen LogP) is 6.08. The Balaban J connectivity index is 1.87. The quantitative estimate of drug-likeness (QED) is 0.340. The topological polar surface area (TPSA) is 92.2 Å². The van der Waals surface area contributed by atoms with Gasteiger partial charge in [-0.05, 0) is 56.5 Å². The van der Waals surface area contributed by atoms with Crippen LogP contribution in [0.15, 0.2) is 71.7 Å². The molecule has 0 fully saturated rings. The van der Waals surface area contributed by atoms with Gasteiger partial charge in [0.15, 0.2) is 5.78 Å². The number of benzene rings is 1. The molecular weight excluding hydrogens is 448 g/mol. The molecule has 0 saturated heterocycles. The van der Waals surface area contributed by atoms with Gasteiger partial charge in [0.05, 0.1) is 28.2 Å².